The predicted octanol–water partition coefficient (Wildman–Crippen LogP) is 4.11. The summed E-state index contributed by atoms with van der Waals surface area (Å²) in [5.74, 6) is 3.69. The molecule has 0 atom stereocenters. The molecule has 0 aliphatic rings. The van der Waals surface area contributed by atoms with Crippen molar-refractivity contribution in [3.63, 3.8) is 0 Å². The molecule has 0 saturated heterocycles. The fourth-order valence-electron chi connectivity index (χ4n) is 2.17. The van der Waals surface area contributed by atoms with Crippen molar-refractivity contribution in [3.8, 4) is 0 Å². The third-order valence-electron chi connectivity index (χ3n) is 3.43. The second kappa shape index (κ2) is 12.8. The van der Waals surface area contributed by atoms with Crippen molar-refractivity contribution in [3.05, 3.63) is 68.0 Å². The Morgan fingerprint density at radius 3 is 2.45 bits per heavy atom. The number of aromatic nitrogens is 2. The average molecular weight is 478 g/mol. The second-order valence-electron chi connectivity index (χ2n) is 5.67. The van der Waals surface area contributed by atoms with Gasteiger partial charge in [-0.3, -0.25) is 15.1 Å². The smallest absolute Gasteiger partial charge is 0.274 e. The summed E-state index contributed by atoms with van der Waals surface area (Å²) >= 11 is 15.3. The molecule has 0 spiro atoms. The molecule has 0 aromatic carbocycles. The molecular formula is C17H21Cl2N5O3S2. The van der Waals surface area contributed by atoms with E-state index in [0.29, 0.717) is 52.2 Å². The zero-order valence-electron chi connectivity index (χ0n) is 15.7. The van der Waals surface area contributed by atoms with Gasteiger partial charge in [0.25, 0.3) is 6.20 Å². The number of nitro groups is 1. The topological polar surface area (TPSA) is 106 Å². The first-order chi connectivity index (χ1) is 14.0. The monoisotopic (exact) mass is 477 g/mol. The van der Waals surface area contributed by atoms with E-state index in [1.807, 2.05) is 0 Å². The number of oxazole rings is 1. The largest absolute Gasteiger partial charge is 0.429 e. The third kappa shape index (κ3) is 9.16. The summed E-state index contributed by atoms with van der Waals surface area (Å²) in [6.45, 7) is 2.87. The molecule has 2 aromatic rings. The fraction of sp³-hybridized carbons (Fsp3) is 0.412. The Kier molecular flexibility index (Phi) is 10.5. The molecule has 158 valence electrons. The van der Waals surface area contributed by atoms with Crippen LogP contribution in [-0.4, -0.2) is 39.5 Å². The van der Waals surface area contributed by atoms with Gasteiger partial charge in [0.15, 0.2) is 11.7 Å². The Labute approximate surface area is 187 Å². The standard InChI is InChI=1S/C17H21Cl2N5O3S2/c1-12-23-15(17(19)27-12)11-29-8-6-22-16(9-24(25)26)21-5-7-28-10-14-13(18)3-2-4-20-14/h2-4,9,21-22H,5-8,10-11H2,1H3. The summed E-state index contributed by atoms with van der Waals surface area (Å²) in [5.41, 5.74) is 1.54. The van der Waals surface area contributed by atoms with E-state index < -0.39 is 4.92 Å². The molecule has 29 heavy (non-hydrogen) atoms. The van der Waals surface area contributed by atoms with Crippen LogP contribution >= 0.6 is 46.7 Å². The highest BCUT2D eigenvalue weighted by molar-refractivity contribution is 7.98. The Morgan fingerprint density at radius 2 is 1.90 bits per heavy atom. The number of pyridine rings is 1. The van der Waals surface area contributed by atoms with Gasteiger partial charge in [0.05, 0.1) is 15.6 Å². The van der Waals surface area contributed by atoms with Crippen LogP contribution in [0.1, 0.15) is 17.3 Å². The van der Waals surface area contributed by atoms with Crippen molar-refractivity contribution in [2.24, 2.45) is 0 Å². The SMILES string of the molecule is Cc1nc(CSCCNC(=C[N+](=O)[O-])NCCSCc2ncccc2Cl)c(Cl)o1. The molecule has 0 bridgehead atoms. The summed E-state index contributed by atoms with van der Waals surface area (Å²) in [6, 6.07) is 3.60. The highest BCUT2D eigenvalue weighted by Crippen LogP contribution is 2.21. The molecule has 2 N–H and O–H groups in total. The molecule has 2 rings (SSSR count). The molecule has 0 aliphatic heterocycles. The summed E-state index contributed by atoms with van der Waals surface area (Å²) in [7, 11) is 0. The highest BCUT2D eigenvalue weighted by atomic mass is 35.5. The van der Waals surface area contributed by atoms with Crippen LogP contribution in [-0.2, 0) is 11.5 Å². The van der Waals surface area contributed by atoms with E-state index in [-0.39, 0.29) is 0 Å². The molecule has 0 aliphatic carbocycles. The van der Waals surface area contributed by atoms with E-state index in [1.165, 1.54) is 0 Å². The van der Waals surface area contributed by atoms with Gasteiger partial charge in [0, 0.05) is 49.2 Å². The molecule has 0 saturated carbocycles. The minimum atomic E-state index is -0.485. The van der Waals surface area contributed by atoms with Gasteiger partial charge in [-0.05, 0) is 23.7 Å². The molecule has 0 fully saturated rings. The summed E-state index contributed by atoms with van der Waals surface area (Å²) in [4.78, 5) is 18.8. The maximum Gasteiger partial charge on any atom is 0.274 e. The Balaban J connectivity index is 1.64. The maximum atomic E-state index is 10.8. The highest BCUT2D eigenvalue weighted by Gasteiger charge is 2.08. The molecule has 0 unspecified atom stereocenters. The van der Waals surface area contributed by atoms with Crippen LogP contribution in [0.5, 0.6) is 0 Å². The van der Waals surface area contributed by atoms with E-state index >= 15 is 0 Å². The zero-order valence-corrected chi connectivity index (χ0v) is 18.8. The van der Waals surface area contributed by atoms with Crippen LogP contribution in [0, 0.1) is 17.0 Å². The fourth-order valence-corrected chi connectivity index (χ4v) is 4.33. The summed E-state index contributed by atoms with van der Waals surface area (Å²) in [6.07, 6.45) is 2.64. The van der Waals surface area contributed by atoms with Gasteiger partial charge in [-0.1, -0.05) is 11.6 Å². The minimum absolute atomic E-state index is 0.308. The molecule has 8 nitrogen and oxygen atoms in total. The molecule has 0 radical (unpaired) electrons. The third-order valence-corrected chi connectivity index (χ3v) is 6.01. The van der Waals surface area contributed by atoms with Crippen molar-refractivity contribution >= 4 is 46.7 Å². The van der Waals surface area contributed by atoms with Crippen LogP contribution in [0.15, 0.2) is 34.8 Å². The Hall–Kier alpha value is -1.62. The number of rotatable bonds is 13. The van der Waals surface area contributed by atoms with E-state index in [2.05, 4.69) is 20.6 Å². The van der Waals surface area contributed by atoms with E-state index in [1.54, 1.807) is 48.8 Å². The second-order valence-corrected chi connectivity index (χ2v) is 8.63. The van der Waals surface area contributed by atoms with Crippen molar-refractivity contribution < 1.29 is 9.34 Å². The average Bonchev–Trinajstić information content (AvgIpc) is 2.99. The van der Waals surface area contributed by atoms with Crippen molar-refractivity contribution in [2.75, 3.05) is 24.6 Å². The Bertz CT molecular complexity index is 835. The predicted molar refractivity (Wildman–Crippen MR) is 119 cm³/mol. The number of thioether (sulfide) groups is 2. The molecule has 12 heteroatoms. The number of halogens is 2. The molecule has 2 heterocycles. The van der Waals surface area contributed by atoms with Gasteiger partial charge in [0.2, 0.25) is 5.22 Å². The lowest BCUT2D eigenvalue weighted by molar-refractivity contribution is -0.404. The summed E-state index contributed by atoms with van der Waals surface area (Å²) in [5, 5.41) is 17.9. The van der Waals surface area contributed by atoms with Gasteiger partial charge in [-0.15, -0.1) is 0 Å². The van der Waals surface area contributed by atoms with Gasteiger partial charge in [0.1, 0.15) is 5.69 Å². The minimum Gasteiger partial charge on any atom is -0.429 e. The Morgan fingerprint density at radius 1 is 1.24 bits per heavy atom. The van der Waals surface area contributed by atoms with E-state index in [4.69, 9.17) is 27.6 Å². The van der Waals surface area contributed by atoms with Crippen LogP contribution in [0.4, 0.5) is 0 Å². The maximum absolute atomic E-state index is 10.8. The summed E-state index contributed by atoms with van der Waals surface area (Å²) < 4.78 is 5.17. The number of aryl methyl sites for hydroxylation is 1. The van der Waals surface area contributed by atoms with E-state index in [0.717, 1.165) is 23.4 Å². The lowest BCUT2D eigenvalue weighted by Gasteiger charge is -2.11. The quantitative estimate of drug-likeness (QED) is 0.250. The first-order valence-corrected chi connectivity index (χ1v) is 11.7. The first-order valence-electron chi connectivity index (χ1n) is 8.65. The molecular weight excluding hydrogens is 457 g/mol. The normalized spacial score (nSPS) is 11.5. The lowest BCUT2D eigenvalue weighted by Crippen LogP contribution is -2.30. The van der Waals surface area contributed by atoms with Crippen molar-refractivity contribution in [1.29, 1.82) is 0 Å². The first kappa shape index (κ1) is 23.7. The molecule has 2 aromatic heterocycles. The van der Waals surface area contributed by atoms with Crippen molar-refractivity contribution in [2.45, 2.75) is 18.4 Å². The number of nitrogens with zero attached hydrogens (tertiary/aromatic N) is 3. The number of nitrogens with one attached hydrogen (secondary N) is 2. The van der Waals surface area contributed by atoms with Gasteiger partial charge in [-0.25, -0.2) is 4.98 Å². The van der Waals surface area contributed by atoms with Crippen LogP contribution in [0.25, 0.3) is 0 Å². The van der Waals surface area contributed by atoms with Crippen LogP contribution in [0.3, 0.4) is 0 Å². The zero-order chi connectivity index (χ0) is 21.1. The van der Waals surface area contributed by atoms with Crippen LogP contribution < -0.4 is 10.6 Å². The molecule has 0 amide bonds. The van der Waals surface area contributed by atoms with Crippen LogP contribution in [0.2, 0.25) is 10.2 Å². The van der Waals surface area contributed by atoms with Gasteiger partial charge in [-0.2, -0.15) is 23.5 Å². The van der Waals surface area contributed by atoms with Gasteiger partial charge >= 0.3 is 0 Å². The van der Waals surface area contributed by atoms with Gasteiger partial charge < -0.3 is 15.1 Å². The number of hydrogen-bond donors (Lipinski definition) is 2. The lowest BCUT2D eigenvalue weighted by atomic mass is 10.4. The van der Waals surface area contributed by atoms with Crippen molar-refractivity contribution in [1.82, 2.24) is 20.6 Å². The number of hydrogen-bond acceptors (Lipinski definition) is 9. The van der Waals surface area contributed by atoms with E-state index in [9.17, 15) is 10.1 Å².